The van der Waals surface area contributed by atoms with Crippen molar-refractivity contribution >= 4 is 5.91 Å². The smallest absolute Gasteiger partial charge is 0.265 e. The highest BCUT2D eigenvalue weighted by molar-refractivity contribution is 5.96. The molecule has 0 aromatic heterocycles. The summed E-state index contributed by atoms with van der Waals surface area (Å²) in [6, 6.07) is 3.94. The highest BCUT2D eigenvalue weighted by Crippen LogP contribution is 2.15. The van der Waals surface area contributed by atoms with Gasteiger partial charge in [0, 0.05) is 5.56 Å². The molecule has 1 rings (SSSR count). The Morgan fingerprint density at radius 1 is 1.23 bits per heavy atom. The summed E-state index contributed by atoms with van der Waals surface area (Å²) < 4.78 is 0. The quantitative estimate of drug-likeness (QED) is 0.386. The molecule has 0 aliphatic rings. The van der Waals surface area contributed by atoms with E-state index < -0.39 is 0 Å². The standard InChI is InChI=1S/C10H14N2O/c1-6-4-7(2)9(8(3)5-6)10(13)12-11/h4-5H,11H2,1-3H3,(H,12,13). The number of hydrazine groups is 1. The van der Waals surface area contributed by atoms with Gasteiger partial charge in [-0.15, -0.1) is 0 Å². The van der Waals surface area contributed by atoms with Crippen LogP contribution in [0.5, 0.6) is 0 Å². The summed E-state index contributed by atoms with van der Waals surface area (Å²) in [5.74, 6) is 4.85. The molecule has 3 N–H and O–H groups in total. The SMILES string of the molecule is Cc1cc(C)c(C(=O)NN)c(C)c1. The number of nitrogens with one attached hydrogen (secondary N) is 1. The average Bonchev–Trinajstić information content (AvgIpc) is 2.02. The number of carbonyl (C=O) groups excluding carboxylic acids is 1. The molecule has 0 heterocycles. The molecule has 0 saturated carbocycles. The van der Waals surface area contributed by atoms with E-state index in [1.165, 1.54) is 0 Å². The van der Waals surface area contributed by atoms with E-state index in [2.05, 4.69) is 5.43 Å². The van der Waals surface area contributed by atoms with Gasteiger partial charge in [0.2, 0.25) is 0 Å². The molecule has 3 nitrogen and oxygen atoms in total. The first-order valence-electron chi connectivity index (χ1n) is 4.15. The van der Waals surface area contributed by atoms with Crippen molar-refractivity contribution in [2.75, 3.05) is 0 Å². The van der Waals surface area contributed by atoms with Gasteiger partial charge in [-0.2, -0.15) is 0 Å². The maximum atomic E-state index is 11.3. The minimum atomic E-state index is -0.227. The van der Waals surface area contributed by atoms with Crippen molar-refractivity contribution in [1.82, 2.24) is 5.43 Å². The number of hydrogen-bond acceptors (Lipinski definition) is 2. The molecule has 0 aliphatic heterocycles. The summed E-state index contributed by atoms with van der Waals surface area (Å²) >= 11 is 0. The van der Waals surface area contributed by atoms with Crippen LogP contribution in [0.3, 0.4) is 0 Å². The summed E-state index contributed by atoms with van der Waals surface area (Å²) in [6.07, 6.45) is 0. The third kappa shape index (κ3) is 1.87. The van der Waals surface area contributed by atoms with E-state index >= 15 is 0 Å². The van der Waals surface area contributed by atoms with Gasteiger partial charge in [-0.25, -0.2) is 5.84 Å². The Morgan fingerprint density at radius 3 is 2.08 bits per heavy atom. The van der Waals surface area contributed by atoms with Gasteiger partial charge in [0.05, 0.1) is 0 Å². The van der Waals surface area contributed by atoms with Crippen LogP contribution in [0.1, 0.15) is 27.0 Å². The minimum absolute atomic E-state index is 0.227. The number of nitrogens with two attached hydrogens (primary N) is 1. The van der Waals surface area contributed by atoms with Gasteiger partial charge in [-0.1, -0.05) is 17.7 Å². The fourth-order valence-electron chi connectivity index (χ4n) is 1.61. The first kappa shape index (κ1) is 9.74. The second-order valence-corrected chi connectivity index (χ2v) is 3.25. The fourth-order valence-corrected chi connectivity index (χ4v) is 1.61. The van der Waals surface area contributed by atoms with E-state index in [0.29, 0.717) is 5.56 Å². The lowest BCUT2D eigenvalue weighted by molar-refractivity contribution is 0.0952. The molecular formula is C10H14N2O. The first-order valence-corrected chi connectivity index (χ1v) is 4.15. The zero-order chi connectivity index (χ0) is 10.0. The zero-order valence-corrected chi connectivity index (χ0v) is 8.14. The molecule has 0 saturated heterocycles. The normalized spacial score (nSPS) is 9.85. The van der Waals surface area contributed by atoms with Gasteiger partial charge in [0.15, 0.2) is 0 Å². The third-order valence-corrected chi connectivity index (χ3v) is 2.04. The van der Waals surface area contributed by atoms with E-state index in [1.807, 2.05) is 32.9 Å². The van der Waals surface area contributed by atoms with Gasteiger partial charge in [0.25, 0.3) is 5.91 Å². The Bertz CT molecular complexity index is 322. The van der Waals surface area contributed by atoms with Crippen molar-refractivity contribution in [2.24, 2.45) is 5.84 Å². The Hall–Kier alpha value is -1.35. The van der Waals surface area contributed by atoms with Gasteiger partial charge < -0.3 is 0 Å². The van der Waals surface area contributed by atoms with Gasteiger partial charge in [-0.05, 0) is 31.9 Å². The summed E-state index contributed by atoms with van der Waals surface area (Å²) in [5, 5.41) is 0. The summed E-state index contributed by atoms with van der Waals surface area (Å²) in [6.45, 7) is 5.82. The van der Waals surface area contributed by atoms with Crippen molar-refractivity contribution in [2.45, 2.75) is 20.8 Å². The molecule has 13 heavy (non-hydrogen) atoms. The summed E-state index contributed by atoms with van der Waals surface area (Å²) in [5.41, 5.74) is 5.89. The predicted octanol–water partition coefficient (Wildman–Crippen LogP) is 1.22. The van der Waals surface area contributed by atoms with Gasteiger partial charge in [-0.3, -0.25) is 10.2 Å². The number of amides is 1. The highest BCUT2D eigenvalue weighted by Gasteiger charge is 2.10. The lowest BCUT2D eigenvalue weighted by Crippen LogP contribution is -2.31. The van der Waals surface area contributed by atoms with Crippen LogP contribution in [0.15, 0.2) is 12.1 Å². The average molecular weight is 178 g/mol. The molecule has 0 unspecified atom stereocenters. The minimum Gasteiger partial charge on any atom is -0.290 e. The van der Waals surface area contributed by atoms with Crippen LogP contribution in [0.4, 0.5) is 0 Å². The summed E-state index contributed by atoms with van der Waals surface area (Å²) in [7, 11) is 0. The Labute approximate surface area is 77.9 Å². The maximum absolute atomic E-state index is 11.3. The van der Waals surface area contributed by atoms with E-state index in [-0.39, 0.29) is 5.91 Å². The van der Waals surface area contributed by atoms with Crippen LogP contribution in [0.2, 0.25) is 0 Å². The van der Waals surface area contributed by atoms with Gasteiger partial charge >= 0.3 is 0 Å². The van der Waals surface area contributed by atoms with Crippen LogP contribution in [0, 0.1) is 20.8 Å². The zero-order valence-electron chi connectivity index (χ0n) is 8.14. The largest absolute Gasteiger partial charge is 0.290 e. The second kappa shape index (κ2) is 3.58. The fraction of sp³-hybridized carbons (Fsp3) is 0.300. The van der Waals surface area contributed by atoms with Crippen molar-refractivity contribution in [3.8, 4) is 0 Å². The molecule has 3 heteroatoms. The monoisotopic (exact) mass is 178 g/mol. The lowest BCUT2D eigenvalue weighted by atomic mass is 9.99. The Morgan fingerprint density at radius 2 is 1.69 bits per heavy atom. The molecule has 0 atom stereocenters. The number of rotatable bonds is 1. The van der Waals surface area contributed by atoms with Gasteiger partial charge in [0.1, 0.15) is 0 Å². The highest BCUT2D eigenvalue weighted by atomic mass is 16.2. The molecule has 0 spiro atoms. The van der Waals surface area contributed by atoms with E-state index in [0.717, 1.165) is 16.7 Å². The number of benzene rings is 1. The van der Waals surface area contributed by atoms with Crippen LogP contribution in [0.25, 0.3) is 0 Å². The molecule has 1 aromatic rings. The second-order valence-electron chi connectivity index (χ2n) is 3.25. The van der Waals surface area contributed by atoms with E-state index in [9.17, 15) is 4.79 Å². The molecule has 0 radical (unpaired) electrons. The molecular weight excluding hydrogens is 164 g/mol. The van der Waals surface area contributed by atoms with Crippen molar-refractivity contribution in [1.29, 1.82) is 0 Å². The summed E-state index contributed by atoms with van der Waals surface area (Å²) in [4.78, 5) is 11.3. The topological polar surface area (TPSA) is 55.1 Å². The Kier molecular flexibility index (Phi) is 2.68. The van der Waals surface area contributed by atoms with E-state index in [1.54, 1.807) is 0 Å². The number of nitrogen functional groups attached to an aromatic ring is 1. The van der Waals surface area contributed by atoms with Crippen molar-refractivity contribution in [3.05, 3.63) is 34.4 Å². The van der Waals surface area contributed by atoms with Crippen molar-refractivity contribution < 1.29 is 4.79 Å². The molecule has 1 amide bonds. The number of hydrogen-bond donors (Lipinski definition) is 2. The predicted molar refractivity (Wildman–Crippen MR) is 52.3 cm³/mol. The molecule has 0 fully saturated rings. The molecule has 70 valence electrons. The number of aryl methyl sites for hydroxylation is 3. The first-order chi connectivity index (χ1) is 6.06. The van der Waals surface area contributed by atoms with Crippen LogP contribution < -0.4 is 11.3 Å². The maximum Gasteiger partial charge on any atom is 0.265 e. The number of carbonyl (C=O) groups is 1. The van der Waals surface area contributed by atoms with Crippen LogP contribution >= 0.6 is 0 Å². The third-order valence-electron chi connectivity index (χ3n) is 2.04. The lowest BCUT2D eigenvalue weighted by Gasteiger charge is -2.08. The van der Waals surface area contributed by atoms with Crippen molar-refractivity contribution in [3.63, 3.8) is 0 Å². The Balaban J connectivity index is 3.28. The molecule has 0 aliphatic carbocycles. The van der Waals surface area contributed by atoms with Crippen LogP contribution in [-0.2, 0) is 0 Å². The van der Waals surface area contributed by atoms with E-state index in [4.69, 9.17) is 5.84 Å². The molecule has 1 aromatic carbocycles. The van der Waals surface area contributed by atoms with Crippen LogP contribution in [-0.4, -0.2) is 5.91 Å². The molecule has 0 bridgehead atoms.